The minimum Gasteiger partial charge on any atom is -0.478 e. The van der Waals surface area contributed by atoms with Crippen molar-refractivity contribution in [1.29, 1.82) is 0 Å². The normalized spacial score (nSPS) is 30.7. The summed E-state index contributed by atoms with van der Waals surface area (Å²) in [5.74, 6) is -0.220. The summed E-state index contributed by atoms with van der Waals surface area (Å²) in [6.07, 6.45) is 10.1. The van der Waals surface area contributed by atoms with Crippen molar-refractivity contribution in [3.8, 4) is 0 Å². The number of rotatable bonds is 3. The monoisotopic (exact) mass is 350 g/mol. The van der Waals surface area contributed by atoms with Crippen molar-refractivity contribution < 1.29 is 9.90 Å². The number of hydrogen-bond donors (Lipinski definition) is 1. The third kappa shape index (κ3) is 2.41. The summed E-state index contributed by atoms with van der Waals surface area (Å²) in [5, 5.41) is 9.04. The van der Waals surface area contributed by atoms with Gasteiger partial charge in [0.1, 0.15) is 0 Å². The fourth-order valence-corrected chi connectivity index (χ4v) is 5.68. The molecular formula is C24H30O2. The lowest BCUT2D eigenvalue weighted by atomic mass is 9.61. The largest absolute Gasteiger partial charge is 0.478 e. The maximum atomic E-state index is 11.0. The molecule has 0 radical (unpaired) electrons. The Bertz CT molecular complexity index is 853. The second-order valence-corrected chi connectivity index (χ2v) is 9.92. The fraction of sp³-hybridized carbons (Fsp3) is 0.542. The molecule has 138 valence electrons. The molecule has 1 fully saturated rings. The van der Waals surface area contributed by atoms with E-state index in [1.807, 2.05) is 6.08 Å². The van der Waals surface area contributed by atoms with E-state index in [2.05, 4.69) is 52.8 Å². The second-order valence-electron chi connectivity index (χ2n) is 9.92. The molecule has 1 aromatic carbocycles. The number of aryl methyl sites for hydroxylation is 1. The smallest absolute Gasteiger partial charge is 0.328 e. The number of benzene rings is 1. The molecule has 1 saturated carbocycles. The molecule has 3 aliphatic rings. The lowest BCUT2D eigenvalue weighted by Gasteiger charge is -2.43. The molecule has 0 aliphatic heterocycles. The van der Waals surface area contributed by atoms with Gasteiger partial charge < -0.3 is 5.11 Å². The van der Waals surface area contributed by atoms with Crippen LogP contribution >= 0.6 is 0 Å². The Hall–Kier alpha value is -1.83. The van der Waals surface area contributed by atoms with E-state index in [1.54, 1.807) is 0 Å². The number of fused-ring (bicyclic) bond motifs is 2. The molecule has 2 heteroatoms. The maximum absolute atomic E-state index is 11.0. The summed E-state index contributed by atoms with van der Waals surface area (Å²) in [6.45, 7) is 11.8. The number of carbonyl (C=O) groups is 1. The molecule has 1 aromatic rings. The zero-order chi connectivity index (χ0) is 18.9. The Morgan fingerprint density at radius 1 is 1.15 bits per heavy atom. The average molecular weight is 351 g/mol. The number of carboxylic acids is 1. The molecule has 1 N–H and O–H groups in total. The lowest BCUT2D eigenvalue weighted by molar-refractivity contribution is -0.131. The highest BCUT2D eigenvalue weighted by atomic mass is 16.4. The van der Waals surface area contributed by atoms with Crippen molar-refractivity contribution in [3.05, 3.63) is 58.2 Å². The number of hydrogen-bond acceptors (Lipinski definition) is 1. The molecule has 2 atom stereocenters. The van der Waals surface area contributed by atoms with Crippen LogP contribution in [0.25, 0.3) is 0 Å². The summed E-state index contributed by atoms with van der Waals surface area (Å²) in [4.78, 5) is 11.0. The molecule has 0 saturated heterocycles. The molecule has 3 aliphatic carbocycles. The number of allylic oxidation sites excluding steroid dienone is 3. The third-order valence-corrected chi connectivity index (χ3v) is 7.28. The van der Waals surface area contributed by atoms with Crippen LogP contribution in [-0.4, -0.2) is 11.1 Å². The van der Waals surface area contributed by atoms with Gasteiger partial charge in [0, 0.05) is 11.5 Å². The molecule has 0 amide bonds. The van der Waals surface area contributed by atoms with Crippen molar-refractivity contribution in [2.75, 3.05) is 0 Å². The van der Waals surface area contributed by atoms with Gasteiger partial charge in [0.05, 0.1) is 0 Å². The van der Waals surface area contributed by atoms with Crippen LogP contribution in [0.3, 0.4) is 0 Å². The van der Waals surface area contributed by atoms with Crippen LogP contribution in [0.1, 0.15) is 75.6 Å². The quantitative estimate of drug-likeness (QED) is 0.723. The predicted molar refractivity (Wildman–Crippen MR) is 106 cm³/mol. The van der Waals surface area contributed by atoms with Crippen LogP contribution in [0.15, 0.2) is 35.9 Å². The Balaban J connectivity index is 1.84. The summed E-state index contributed by atoms with van der Waals surface area (Å²) >= 11 is 0. The van der Waals surface area contributed by atoms with Gasteiger partial charge in [-0.1, -0.05) is 52.0 Å². The van der Waals surface area contributed by atoms with Gasteiger partial charge in [0.25, 0.3) is 0 Å². The van der Waals surface area contributed by atoms with Crippen molar-refractivity contribution in [3.63, 3.8) is 0 Å². The van der Waals surface area contributed by atoms with Gasteiger partial charge >= 0.3 is 5.97 Å². The molecular weight excluding hydrogens is 320 g/mol. The number of carboxylic acid groups (broad SMARTS) is 1. The highest BCUT2D eigenvalue weighted by Gasteiger charge is 2.59. The number of aliphatic carboxylic acids is 1. The summed E-state index contributed by atoms with van der Waals surface area (Å²) < 4.78 is 0. The van der Waals surface area contributed by atoms with E-state index in [0.717, 1.165) is 12.8 Å². The zero-order valence-electron chi connectivity index (χ0n) is 16.6. The standard InChI is InChI=1S/C24H30O2/c1-15-12-18(13-19-21(15)23(4,5)11-10-22(19,2)3)24-14-17(24)7-6-16(24)8-9-20(25)26/h6,8-9,12-13,17H,7,10-11,14H2,1-5H3,(H,25,26)/b9-8+. The third-order valence-electron chi connectivity index (χ3n) is 7.28. The van der Waals surface area contributed by atoms with Gasteiger partial charge in [-0.3, -0.25) is 0 Å². The summed E-state index contributed by atoms with van der Waals surface area (Å²) in [5.41, 5.74) is 7.55. The lowest BCUT2D eigenvalue weighted by Crippen LogP contribution is -2.35. The first-order valence-electron chi connectivity index (χ1n) is 9.86. The fourth-order valence-electron chi connectivity index (χ4n) is 5.68. The first-order valence-corrected chi connectivity index (χ1v) is 9.86. The highest BCUT2D eigenvalue weighted by Crippen LogP contribution is 2.65. The maximum Gasteiger partial charge on any atom is 0.328 e. The van der Waals surface area contributed by atoms with Crippen molar-refractivity contribution in [2.24, 2.45) is 5.92 Å². The predicted octanol–water partition coefficient (Wildman–Crippen LogP) is 5.57. The van der Waals surface area contributed by atoms with Gasteiger partial charge in [0.15, 0.2) is 0 Å². The molecule has 2 nitrogen and oxygen atoms in total. The van der Waals surface area contributed by atoms with Gasteiger partial charge in [-0.25, -0.2) is 4.79 Å². The topological polar surface area (TPSA) is 37.3 Å². The molecule has 0 spiro atoms. The second kappa shape index (κ2) is 5.34. The van der Waals surface area contributed by atoms with Crippen LogP contribution in [-0.2, 0) is 21.0 Å². The molecule has 2 unspecified atom stereocenters. The Morgan fingerprint density at radius 3 is 2.50 bits per heavy atom. The van der Waals surface area contributed by atoms with Crippen LogP contribution in [0, 0.1) is 12.8 Å². The molecule has 26 heavy (non-hydrogen) atoms. The van der Waals surface area contributed by atoms with Crippen molar-refractivity contribution >= 4 is 5.97 Å². The molecule has 0 bridgehead atoms. The highest BCUT2D eigenvalue weighted by molar-refractivity contribution is 5.81. The van der Waals surface area contributed by atoms with Gasteiger partial charge in [-0.05, 0) is 77.2 Å². The summed E-state index contributed by atoms with van der Waals surface area (Å²) in [6, 6.07) is 4.87. The first kappa shape index (κ1) is 17.6. The molecule has 0 aromatic heterocycles. The van der Waals surface area contributed by atoms with E-state index in [4.69, 9.17) is 5.11 Å². The Labute approximate surface area is 157 Å². The van der Waals surface area contributed by atoms with Crippen LogP contribution < -0.4 is 0 Å². The van der Waals surface area contributed by atoms with E-state index in [0.29, 0.717) is 5.92 Å². The molecule has 0 heterocycles. The van der Waals surface area contributed by atoms with Crippen molar-refractivity contribution in [2.45, 2.75) is 76.5 Å². The van der Waals surface area contributed by atoms with Crippen LogP contribution in [0.4, 0.5) is 0 Å². The van der Waals surface area contributed by atoms with Crippen LogP contribution in [0.5, 0.6) is 0 Å². The van der Waals surface area contributed by atoms with Crippen molar-refractivity contribution in [1.82, 2.24) is 0 Å². The van der Waals surface area contributed by atoms with Gasteiger partial charge in [-0.2, -0.15) is 0 Å². The van der Waals surface area contributed by atoms with E-state index in [-0.39, 0.29) is 16.2 Å². The minimum atomic E-state index is -0.866. The summed E-state index contributed by atoms with van der Waals surface area (Å²) in [7, 11) is 0. The van der Waals surface area contributed by atoms with E-state index < -0.39 is 5.97 Å². The average Bonchev–Trinajstić information content (AvgIpc) is 3.17. The van der Waals surface area contributed by atoms with Crippen LogP contribution in [0.2, 0.25) is 0 Å². The van der Waals surface area contributed by atoms with Gasteiger partial charge in [-0.15, -0.1) is 0 Å². The molecule has 4 rings (SSSR count). The van der Waals surface area contributed by atoms with E-state index in [9.17, 15) is 4.79 Å². The SMILES string of the molecule is Cc1cc(C23CC2CC=C3/C=C/C(=O)O)cc2c1C(C)(C)CCC2(C)C. The Kier molecular flexibility index (Phi) is 3.61. The minimum absolute atomic E-state index is 0.0589. The van der Waals surface area contributed by atoms with E-state index in [1.165, 1.54) is 46.7 Å². The van der Waals surface area contributed by atoms with Gasteiger partial charge in [0.2, 0.25) is 0 Å². The Morgan fingerprint density at radius 2 is 1.85 bits per heavy atom. The first-order chi connectivity index (χ1) is 12.1. The zero-order valence-corrected chi connectivity index (χ0v) is 16.6. The van der Waals surface area contributed by atoms with E-state index >= 15 is 0 Å².